The molecule has 1 aliphatic rings. The van der Waals surface area contributed by atoms with Crippen LogP contribution in [0.15, 0.2) is 53.4 Å². The molecule has 0 bridgehead atoms. The summed E-state index contributed by atoms with van der Waals surface area (Å²) in [6, 6.07) is 12.9. The molecular weight excluding hydrogens is 387 g/mol. The van der Waals surface area contributed by atoms with Gasteiger partial charge in [0, 0.05) is 23.7 Å². The molecule has 2 aromatic rings. The molecule has 0 N–H and O–H groups in total. The molecule has 1 amide bonds. The van der Waals surface area contributed by atoms with Crippen LogP contribution in [0.25, 0.3) is 0 Å². The average molecular weight is 409 g/mol. The van der Waals surface area contributed by atoms with Crippen molar-refractivity contribution in [2.24, 2.45) is 5.92 Å². The van der Waals surface area contributed by atoms with Gasteiger partial charge in [0.25, 0.3) is 5.91 Å². The van der Waals surface area contributed by atoms with Gasteiger partial charge < -0.3 is 9.64 Å². The quantitative estimate of drug-likeness (QED) is 0.623. The number of likely N-dealkylation sites (tertiary alicyclic amines) is 1. The topological polar surface area (TPSA) is 29.5 Å². The van der Waals surface area contributed by atoms with E-state index in [0.29, 0.717) is 19.0 Å². The zero-order valence-electron chi connectivity index (χ0n) is 15.5. The van der Waals surface area contributed by atoms with Crippen molar-refractivity contribution in [3.8, 4) is 5.75 Å². The fourth-order valence-corrected chi connectivity index (χ4v) is 4.37. The van der Waals surface area contributed by atoms with Crippen LogP contribution < -0.4 is 4.74 Å². The summed E-state index contributed by atoms with van der Waals surface area (Å²) in [6.45, 7) is 0.970. The maximum absolute atomic E-state index is 13.2. The highest BCUT2D eigenvalue weighted by Crippen LogP contribution is 2.33. The number of thioether (sulfide) groups is 1. The molecule has 0 radical (unpaired) electrons. The Bertz CT molecular complexity index is 800. The standard InChI is InChI=1S/C21H22F3NO2S/c1-27-16-6-8-17(9-7-16)28-14-15-10-12-25(13-11-15)20(26)18-4-2-3-5-19(18)21(22,23)24/h2-9,15H,10-14H2,1H3. The number of piperidine rings is 1. The summed E-state index contributed by atoms with van der Waals surface area (Å²) in [5, 5.41) is 0. The van der Waals surface area contributed by atoms with Gasteiger partial charge in [-0.1, -0.05) is 12.1 Å². The van der Waals surface area contributed by atoms with E-state index in [4.69, 9.17) is 4.74 Å². The van der Waals surface area contributed by atoms with Crippen LogP contribution >= 0.6 is 11.8 Å². The van der Waals surface area contributed by atoms with E-state index < -0.39 is 17.6 Å². The summed E-state index contributed by atoms with van der Waals surface area (Å²) in [4.78, 5) is 15.3. The Morgan fingerprint density at radius 2 is 1.75 bits per heavy atom. The number of hydrogen-bond acceptors (Lipinski definition) is 3. The fraction of sp³-hybridized carbons (Fsp3) is 0.381. The first kappa shape index (κ1) is 20.6. The molecule has 1 aliphatic heterocycles. The van der Waals surface area contributed by atoms with Crippen molar-refractivity contribution in [3.05, 3.63) is 59.7 Å². The van der Waals surface area contributed by atoms with Gasteiger partial charge in [-0.05, 0) is 55.2 Å². The molecule has 0 aliphatic carbocycles. The third kappa shape index (κ3) is 5.01. The molecule has 7 heteroatoms. The Balaban J connectivity index is 1.54. The summed E-state index contributed by atoms with van der Waals surface area (Å²) in [5.74, 6) is 1.64. The summed E-state index contributed by atoms with van der Waals surface area (Å²) in [6.07, 6.45) is -2.94. The molecule has 0 spiro atoms. The molecule has 28 heavy (non-hydrogen) atoms. The minimum atomic E-state index is -4.53. The predicted molar refractivity (Wildman–Crippen MR) is 104 cm³/mol. The van der Waals surface area contributed by atoms with Crippen molar-refractivity contribution in [3.63, 3.8) is 0 Å². The van der Waals surface area contributed by atoms with E-state index in [2.05, 4.69) is 0 Å². The second-order valence-corrected chi connectivity index (χ2v) is 7.86. The van der Waals surface area contributed by atoms with Crippen molar-refractivity contribution in [1.29, 1.82) is 0 Å². The maximum Gasteiger partial charge on any atom is 0.417 e. The number of carbonyl (C=O) groups excluding carboxylic acids is 1. The van der Waals surface area contributed by atoms with Crippen molar-refractivity contribution in [2.75, 3.05) is 26.0 Å². The minimum Gasteiger partial charge on any atom is -0.497 e. The molecule has 0 unspecified atom stereocenters. The molecule has 0 atom stereocenters. The highest BCUT2D eigenvalue weighted by atomic mass is 32.2. The molecule has 150 valence electrons. The zero-order valence-corrected chi connectivity index (χ0v) is 16.4. The molecule has 3 rings (SSSR count). The van der Waals surface area contributed by atoms with E-state index in [1.54, 1.807) is 23.8 Å². The number of rotatable bonds is 5. The van der Waals surface area contributed by atoms with Gasteiger partial charge >= 0.3 is 6.18 Å². The summed E-state index contributed by atoms with van der Waals surface area (Å²) in [5.41, 5.74) is -1.13. The Labute approximate surface area is 166 Å². The lowest BCUT2D eigenvalue weighted by Crippen LogP contribution is -2.39. The minimum absolute atomic E-state index is 0.263. The molecule has 1 fully saturated rings. The number of ether oxygens (including phenoxy) is 1. The van der Waals surface area contributed by atoms with E-state index in [9.17, 15) is 18.0 Å². The smallest absolute Gasteiger partial charge is 0.417 e. The molecule has 3 nitrogen and oxygen atoms in total. The molecular formula is C21H22F3NO2S. The summed E-state index contributed by atoms with van der Waals surface area (Å²) in [7, 11) is 1.63. The van der Waals surface area contributed by atoms with Crippen LogP contribution in [0.1, 0.15) is 28.8 Å². The Hall–Kier alpha value is -2.15. The summed E-state index contributed by atoms with van der Waals surface area (Å²) < 4.78 is 44.6. The number of halogens is 3. The SMILES string of the molecule is COc1ccc(SCC2CCN(C(=O)c3ccccc3C(F)(F)F)CC2)cc1. The van der Waals surface area contributed by atoms with Crippen LogP contribution in [0.4, 0.5) is 13.2 Å². The van der Waals surface area contributed by atoms with Crippen LogP contribution in [-0.4, -0.2) is 36.8 Å². The average Bonchev–Trinajstić information content (AvgIpc) is 2.72. The molecule has 0 aromatic heterocycles. The van der Waals surface area contributed by atoms with Gasteiger partial charge in [0.1, 0.15) is 5.75 Å². The lowest BCUT2D eigenvalue weighted by atomic mass is 9.97. The van der Waals surface area contributed by atoms with Gasteiger partial charge in [-0.3, -0.25) is 4.79 Å². The second kappa shape index (κ2) is 8.90. The summed E-state index contributed by atoms with van der Waals surface area (Å²) >= 11 is 1.75. The number of benzene rings is 2. The van der Waals surface area contributed by atoms with Crippen LogP contribution in [-0.2, 0) is 6.18 Å². The van der Waals surface area contributed by atoms with Gasteiger partial charge in [-0.25, -0.2) is 0 Å². The van der Waals surface area contributed by atoms with Crippen LogP contribution in [0, 0.1) is 5.92 Å². The van der Waals surface area contributed by atoms with Gasteiger partial charge in [0.15, 0.2) is 0 Å². The van der Waals surface area contributed by atoms with E-state index in [1.807, 2.05) is 24.3 Å². The lowest BCUT2D eigenvalue weighted by molar-refractivity contribution is -0.138. The van der Waals surface area contributed by atoms with Crippen molar-refractivity contribution >= 4 is 17.7 Å². The monoisotopic (exact) mass is 409 g/mol. The normalized spacial score (nSPS) is 15.5. The highest BCUT2D eigenvalue weighted by Gasteiger charge is 2.36. The van der Waals surface area contributed by atoms with Gasteiger partial charge in [0.05, 0.1) is 18.2 Å². The van der Waals surface area contributed by atoms with Crippen molar-refractivity contribution in [1.82, 2.24) is 4.90 Å². The number of nitrogens with zero attached hydrogens (tertiary/aromatic N) is 1. The van der Waals surface area contributed by atoms with E-state index in [1.165, 1.54) is 18.2 Å². The Morgan fingerprint density at radius 3 is 2.36 bits per heavy atom. The number of alkyl halides is 3. The first-order chi connectivity index (χ1) is 13.4. The molecule has 0 saturated carbocycles. The number of hydrogen-bond donors (Lipinski definition) is 0. The van der Waals surface area contributed by atoms with Gasteiger partial charge in [-0.15, -0.1) is 11.8 Å². The van der Waals surface area contributed by atoms with E-state index in [0.717, 1.165) is 35.3 Å². The second-order valence-electron chi connectivity index (χ2n) is 6.77. The van der Waals surface area contributed by atoms with E-state index >= 15 is 0 Å². The first-order valence-corrected chi connectivity index (χ1v) is 10.1. The highest BCUT2D eigenvalue weighted by molar-refractivity contribution is 7.99. The number of amides is 1. The number of carbonyl (C=O) groups is 1. The van der Waals surface area contributed by atoms with E-state index in [-0.39, 0.29) is 5.56 Å². The lowest BCUT2D eigenvalue weighted by Gasteiger charge is -2.32. The number of methoxy groups -OCH3 is 1. The third-order valence-corrected chi connectivity index (χ3v) is 6.15. The van der Waals surface area contributed by atoms with Gasteiger partial charge in [0.2, 0.25) is 0 Å². The fourth-order valence-electron chi connectivity index (χ4n) is 3.28. The maximum atomic E-state index is 13.2. The molecule has 2 aromatic carbocycles. The third-order valence-electron chi connectivity index (χ3n) is 4.91. The largest absolute Gasteiger partial charge is 0.497 e. The van der Waals surface area contributed by atoms with Gasteiger partial charge in [-0.2, -0.15) is 13.2 Å². The predicted octanol–water partition coefficient (Wildman–Crippen LogP) is 5.36. The van der Waals surface area contributed by atoms with Crippen LogP contribution in [0.2, 0.25) is 0 Å². The Kier molecular flexibility index (Phi) is 6.54. The van der Waals surface area contributed by atoms with Crippen LogP contribution in [0.5, 0.6) is 5.75 Å². The van der Waals surface area contributed by atoms with Crippen molar-refractivity contribution in [2.45, 2.75) is 23.9 Å². The van der Waals surface area contributed by atoms with Crippen LogP contribution in [0.3, 0.4) is 0 Å². The zero-order chi connectivity index (χ0) is 20.1. The van der Waals surface area contributed by atoms with Crippen molar-refractivity contribution < 1.29 is 22.7 Å². The first-order valence-electron chi connectivity index (χ1n) is 9.11. The molecule has 1 saturated heterocycles. The molecule has 1 heterocycles. The Morgan fingerprint density at radius 1 is 1.11 bits per heavy atom.